The second kappa shape index (κ2) is 5.71. The van der Waals surface area contributed by atoms with Gasteiger partial charge in [0.05, 0.1) is 12.6 Å². The fraction of sp³-hybridized carbons (Fsp3) is 0.533. The number of rotatable bonds is 4. The van der Waals surface area contributed by atoms with E-state index < -0.39 is 0 Å². The summed E-state index contributed by atoms with van der Waals surface area (Å²) < 4.78 is 12.2. The topological polar surface area (TPSA) is 47.6 Å². The molecular weight excluding hydrogens is 256 g/mol. The molecule has 5 nitrogen and oxygen atoms in total. The van der Waals surface area contributed by atoms with Crippen LogP contribution in [0.5, 0.6) is 5.75 Å². The highest BCUT2D eigenvalue weighted by atomic mass is 16.5. The van der Waals surface area contributed by atoms with Gasteiger partial charge in [-0.1, -0.05) is 6.42 Å². The molecule has 5 heteroatoms. The first-order valence-corrected chi connectivity index (χ1v) is 7.17. The highest BCUT2D eigenvalue weighted by Gasteiger charge is 2.13. The van der Waals surface area contributed by atoms with Crippen LogP contribution in [0.25, 0.3) is 11.1 Å². The molecule has 0 bridgehead atoms. The van der Waals surface area contributed by atoms with E-state index in [2.05, 4.69) is 4.90 Å². The van der Waals surface area contributed by atoms with Crippen molar-refractivity contribution in [3.05, 3.63) is 28.7 Å². The van der Waals surface area contributed by atoms with Crippen LogP contribution in [0.15, 0.2) is 27.4 Å². The smallest absolute Gasteiger partial charge is 0.419 e. The summed E-state index contributed by atoms with van der Waals surface area (Å²) in [5.41, 5.74) is 1.43. The predicted molar refractivity (Wildman–Crippen MR) is 77.3 cm³/mol. The summed E-state index contributed by atoms with van der Waals surface area (Å²) in [5, 5.41) is 0. The van der Waals surface area contributed by atoms with Crippen LogP contribution in [-0.4, -0.2) is 36.2 Å². The number of ether oxygens (including phenoxy) is 1. The Labute approximate surface area is 117 Å². The summed E-state index contributed by atoms with van der Waals surface area (Å²) in [7, 11) is 1.62. The number of hydrogen-bond donors (Lipinski definition) is 0. The minimum absolute atomic E-state index is 0.287. The molecule has 1 aliphatic heterocycles. The number of likely N-dealkylation sites (tertiary alicyclic amines) is 1. The third kappa shape index (κ3) is 2.58. The van der Waals surface area contributed by atoms with Crippen molar-refractivity contribution in [2.24, 2.45) is 0 Å². The van der Waals surface area contributed by atoms with Crippen molar-refractivity contribution in [1.29, 1.82) is 0 Å². The SMILES string of the molecule is COc1ccc2oc(=O)n(CCN3CCCCC3)c2c1. The highest BCUT2D eigenvalue weighted by molar-refractivity contribution is 5.74. The monoisotopic (exact) mass is 276 g/mol. The average molecular weight is 276 g/mol. The molecule has 2 heterocycles. The molecular formula is C15H20N2O3. The van der Waals surface area contributed by atoms with Crippen molar-refractivity contribution in [1.82, 2.24) is 9.47 Å². The number of aromatic nitrogens is 1. The van der Waals surface area contributed by atoms with E-state index in [4.69, 9.17) is 9.15 Å². The second-order valence-corrected chi connectivity index (χ2v) is 5.26. The summed E-state index contributed by atoms with van der Waals surface area (Å²) in [6.07, 6.45) is 3.84. The number of nitrogens with zero attached hydrogens (tertiary/aromatic N) is 2. The molecule has 1 aliphatic rings. The Kier molecular flexibility index (Phi) is 3.78. The van der Waals surface area contributed by atoms with Gasteiger partial charge in [0.25, 0.3) is 0 Å². The second-order valence-electron chi connectivity index (χ2n) is 5.26. The van der Waals surface area contributed by atoms with E-state index in [1.54, 1.807) is 23.8 Å². The van der Waals surface area contributed by atoms with Crippen molar-refractivity contribution in [3.63, 3.8) is 0 Å². The molecule has 0 atom stereocenters. The van der Waals surface area contributed by atoms with E-state index in [0.717, 1.165) is 30.9 Å². The number of hydrogen-bond acceptors (Lipinski definition) is 4. The zero-order valence-electron chi connectivity index (χ0n) is 11.8. The Hall–Kier alpha value is -1.75. The van der Waals surface area contributed by atoms with Crippen molar-refractivity contribution in [2.75, 3.05) is 26.7 Å². The van der Waals surface area contributed by atoms with Crippen molar-refractivity contribution < 1.29 is 9.15 Å². The quantitative estimate of drug-likeness (QED) is 0.858. The zero-order chi connectivity index (χ0) is 13.9. The molecule has 0 N–H and O–H groups in total. The molecule has 1 aromatic heterocycles. The molecule has 20 heavy (non-hydrogen) atoms. The number of benzene rings is 1. The Bertz CT molecular complexity index is 638. The molecule has 0 aliphatic carbocycles. The van der Waals surface area contributed by atoms with Crippen LogP contribution >= 0.6 is 0 Å². The fourth-order valence-corrected chi connectivity index (χ4v) is 2.81. The maximum Gasteiger partial charge on any atom is 0.419 e. The first kappa shape index (κ1) is 13.2. The molecule has 1 saturated heterocycles. The van der Waals surface area contributed by atoms with Gasteiger partial charge in [-0.3, -0.25) is 4.57 Å². The maximum atomic E-state index is 11.9. The van der Waals surface area contributed by atoms with Crippen molar-refractivity contribution in [3.8, 4) is 5.75 Å². The predicted octanol–water partition coefficient (Wildman–Crippen LogP) is 2.09. The normalized spacial score (nSPS) is 16.6. The minimum atomic E-state index is -0.287. The summed E-state index contributed by atoms with van der Waals surface area (Å²) in [4.78, 5) is 14.4. The van der Waals surface area contributed by atoms with E-state index in [-0.39, 0.29) is 5.76 Å². The van der Waals surface area contributed by atoms with Crippen LogP contribution in [0.1, 0.15) is 19.3 Å². The molecule has 0 saturated carbocycles. The van der Waals surface area contributed by atoms with Gasteiger partial charge >= 0.3 is 5.76 Å². The van der Waals surface area contributed by atoms with E-state index >= 15 is 0 Å². The van der Waals surface area contributed by atoms with Crippen LogP contribution in [0.3, 0.4) is 0 Å². The molecule has 108 valence electrons. The molecule has 0 unspecified atom stereocenters. The third-order valence-corrected chi connectivity index (χ3v) is 3.96. The number of fused-ring (bicyclic) bond motifs is 1. The average Bonchev–Trinajstić information content (AvgIpc) is 2.80. The summed E-state index contributed by atoms with van der Waals surface area (Å²) >= 11 is 0. The first-order valence-electron chi connectivity index (χ1n) is 7.17. The van der Waals surface area contributed by atoms with Gasteiger partial charge in [-0.25, -0.2) is 4.79 Å². The number of methoxy groups -OCH3 is 1. The molecule has 1 aromatic carbocycles. The molecule has 0 radical (unpaired) electrons. The zero-order valence-corrected chi connectivity index (χ0v) is 11.8. The van der Waals surface area contributed by atoms with E-state index in [1.165, 1.54) is 19.3 Å². The lowest BCUT2D eigenvalue weighted by molar-refractivity contribution is 0.219. The van der Waals surface area contributed by atoms with E-state index in [1.807, 2.05) is 6.07 Å². The lowest BCUT2D eigenvalue weighted by Crippen LogP contribution is -2.33. The highest BCUT2D eigenvalue weighted by Crippen LogP contribution is 2.20. The Morgan fingerprint density at radius 3 is 2.75 bits per heavy atom. The van der Waals surface area contributed by atoms with Crippen molar-refractivity contribution >= 4 is 11.1 Å². The molecule has 1 fully saturated rings. The largest absolute Gasteiger partial charge is 0.497 e. The van der Waals surface area contributed by atoms with Crippen LogP contribution in [0.2, 0.25) is 0 Å². The molecule has 0 amide bonds. The lowest BCUT2D eigenvalue weighted by atomic mass is 10.1. The van der Waals surface area contributed by atoms with Gasteiger partial charge in [-0.2, -0.15) is 0 Å². The van der Waals surface area contributed by atoms with Gasteiger partial charge in [0.1, 0.15) is 5.75 Å². The lowest BCUT2D eigenvalue weighted by Gasteiger charge is -2.26. The summed E-state index contributed by atoms with van der Waals surface area (Å²) in [6.45, 7) is 3.83. The van der Waals surface area contributed by atoms with Crippen LogP contribution < -0.4 is 10.5 Å². The Morgan fingerprint density at radius 2 is 2.00 bits per heavy atom. The Balaban J connectivity index is 1.82. The fourth-order valence-electron chi connectivity index (χ4n) is 2.81. The Morgan fingerprint density at radius 1 is 1.20 bits per heavy atom. The van der Waals surface area contributed by atoms with Gasteiger partial charge < -0.3 is 14.1 Å². The van der Waals surface area contributed by atoms with Gasteiger partial charge in [-0.05, 0) is 38.1 Å². The van der Waals surface area contributed by atoms with Crippen LogP contribution in [0.4, 0.5) is 0 Å². The van der Waals surface area contributed by atoms with Crippen LogP contribution in [0, 0.1) is 0 Å². The van der Waals surface area contributed by atoms with Gasteiger partial charge in [-0.15, -0.1) is 0 Å². The third-order valence-electron chi connectivity index (χ3n) is 3.96. The van der Waals surface area contributed by atoms with Gasteiger partial charge in [0.15, 0.2) is 5.58 Å². The summed E-state index contributed by atoms with van der Waals surface area (Å²) in [6, 6.07) is 5.45. The standard InChI is InChI=1S/C15H20N2O3/c1-19-12-5-6-14-13(11-12)17(15(18)20-14)10-9-16-7-3-2-4-8-16/h5-6,11H,2-4,7-10H2,1H3. The number of oxazole rings is 1. The van der Waals surface area contributed by atoms with Gasteiger partial charge in [0, 0.05) is 19.2 Å². The van der Waals surface area contributed by atoms with Crippen molar-refractivity contribution in [2.45, 2.75) is 25.8 Å². The summed E-state index contributed by atoms with van der Waals surface area (Å²) in [5.74, 6) is 0.454. The van der Waals surface area contributed by atoms with E-state index in [9.17, 15) is 4.79 Å². The van der Waals surface area contributed by atoms with Gasteiger partial charge in [0.2, 0.25) is 0 Å². The van der Waals surface area contributed by atoms with Crippen LogP contribution in [-0.2, 0) is 6.54 Å². The first-order chi connectivity index (χ1) is 9.78. The molecule has 0 spiro atoms. The van der Waals surface area contributed by atoms with E-state index in [0.29, 0.717) is 12.1 Å². The number of piperidine rings is 1. The maximum absolute atomic E-state index is 11.9. The molecule has 3 rings (SSSR count). The molecule has 2 aromatic rings. The minimum Gasteiger partial charge on any atom is -0.497 e.